The van der Waals surface area contributed by atoms with Crippen LogP contribution in [0.3, 0.4) is 0 Å². The van der Waals surface area contributed by atoms with E-state index in [2.05, 4.69) is 28.5 Å². The van der Waals surface area contributed by atoms with Gasteiger partial charge in [-0.25, -0.2) is 0 Å². The summed E-state index contributed by atoms with van der Waals surface area (Å²) in [7, 11) is 0. The molecule has 0 atom stereocenters. The molecule has 0 aliphatic heterocycles. The minimum absolute atomic E-state index is 0.334. The Hall–Kier alpha value is -1.75. The van der Waals surface area contributed by atoms with Gasteiger partial charge in [-0.15, -0.1) is 5.10 Å². The van der Waals surface area contributed by atoms with E-state index in [1.807, 2.05) is 19.1 Å². The largest absolute Gasteiger partial charge is 0.324 e. The van der Waals surface area contributed by atoms with Gasteiger partial charge in [0.05, 0.1) is 12.2 Å². The predicted molar refractivity (Wildman–Crippen MR) is 56.5 cm³/mol. The quantitative estimate of drug-likeness (QED) is 0.781. The number of aryl methyl sites for hydroxylation is 1. The number of hydrogen-bond donors (Lipinski definition) is 1. The average Bonchev–Trinajstić information content (AvgIpc) is 2.70. The van der Waals surface area contributed by atoms with Gasteiger partial charge in [-0.1, -0.05) is 12.1 Å². The van der Waals surface area contributed by atoms with Crippen molar-refractivity contribution in [2.24, 2.45) is 5.73 Å². The Morgan fingerprint density at radius 1 is 1.33 bits per heavy atom. The number of rotatable bonds is 2. The average molecular weight is 203 g/mol. The lowest BCUT2D eigenvalue weighted by Gasteiger charge is -2.08. The first kappa shape index (κ1) is 9.79. The van der Waals surface area contributed by atoms with Crippen molar-refractivity contribution in [2.75, 3.05) is 0 Å². The predicted octanol–water partition coefficient (Wildman–Crippen LogP) is 0.738. The second kappa shape index (κ2) is 3.78. The summed E-state index contributed by atoms with van der Waals surface area (Å²) in [6.45, 7) is 4.44. The van der Waals surface area contributed by atoms with E-state index in [1.54, 1.807) is 4.68 Å². The second-order valence-corrected chi connectivity index (χ2v) is 3.43. The van der Waals surface area contributed by atoms with Crippen molar-refractivity contribution >= 4 is 0 Å². The van der Waals surface area contributed by atoms with Gasteiger partial charge in [-0.3, -0.25) is 0 Å². The molecule has 2 aromatic rings. The van der Waals surface area contributed by atoms with Gasteiger partial charge in [0.25, 0.3) is 0 Å². The van der Waals surface area contributed by atoms with Gasteiger partial charge in [-0.05, 0) is 41.5 Å². The fraction of sp³-hybridized carbons (Fsp3) is 0.300. The molecule has 1 aromatic carbocycles. The monoisotopic (exact) mass is 203 g/mol. The molecule has 1 heterocycles. The summed E-state index contributed by atoms with van der Waals surface area (Å²) in [6, 6.07) is 6.03. The summed E-state index contributed by atoms with van der Waals surface area (Å²) in [5.41, 5.74) is 8.92. The van der Waals surface area contributed by atoms with E-state index in [0.717, 1.165) is 5.69 Å². The first-order valence-electron chi connectivity index (χ1n) is 4.78. The highest BCUT2D eigenvalue weighted by molar-refractivity contribution is 5.44. The van der Waals surface area contributed by atoms with Crippen molar-refractivity contribution in [3.63, 3.8) is 0 Å². The molecule has 0 aliphatic carbocycles. The lowest BCUT2D eigenvalue weighted by atomic mass is 10.1. The molecule has 0 saturated carbocycles. The second-order valence-electron chi connectivity index (χ2n) is 3.43. The van der Waals surface area contributed by atoms with Crippen LogP contribution in [0.25, 0.3) is 5.69 Å². The van der Waals surface area contributed by atoms with Crippen LogP contribution in [-0.2, 0) is 6.54 Å². The highest BCUT2D eigenvalue weighted by atomic mass is 15.5. The minimum atomic E-state index is 0.334. The molecule has 5 nitrogen and oxygen atoms in total. The number of tetrazole rings is 1. The Labute approximate surface area is 87.9 Å². The Kier molecular flexibility index (Phi) is 2.47. The molecule has 1 aromatic heterocycles. The van der Waals surface area contributed by atoms with Crippen molar-refractivity contribution < 1.29 is 0 Å². The highest BCUT2D eigenvalue weighted by Crippen LogP contribution is 2.16. The SMILES string of the molecule is Cc1cccc(-n2nnnc2CN)c1C. The van der Waals surface area contributed by atoms with Crippen LogP contribution in [0.5, 0.6) is 0 Å². The molecule has 0 amide bonds. The van der Waals surface area contributed by atoms with Crippen molar-refractivity contribution in [3.8, 4) is 5.69 Å². The van der Waals surface area contributed by atoms with Gasteiger partial charge >= 0.3 is 0 Å². The molecule has 0 fully saturated rings. The first-order valence-corrected chi connectivity index (χ1v) is 4.78. The van der Waals surface area contributed by atoms with Crippen LogP contribution in [0.15, 0.2) is 18.2 Å². The number of aromatic nitrogens is 4. The summed E-state index contributed by atoms with van der Waals surface area (Å²) in [5.74, 6) is 0.670. The molecule has 0 saturated heterocycles. The van der Waals surface area contributed by atoms with E-state index >= 15 is 0 Å². The van der Waals surface area contributed by atoms with E-state index in [1.165, 1.54) is 11.1 Å². The smallest absolute Gasteiger partial charge is 0.170 e. The maximum absolute atomic E-state index is 5.56. The Morgan fingerprint density at radius 2 is 2.13 bits per heavy atom. The highest BCUT2D eigenvalue weighted by Gasteiger charge is 2.09. The van der Waals surface area contributed by atoms with Gasteiger partial charge in [0.2, 0.25) is 0 Å². The van der Waals surface area contributed by atoms with Gasteiger partial charge < -0.3 is 5.73 Å². The fourth-order valence-electron chi connectivity index (χ4n) is 1.49. The number of nitrogens with two attached hydrogens (primary N) is 1. The molecule has 0 bridgehead atoms. The van der Waals surface area contributed by atoms with Gasteiger partial charge in [0.1, 0.15) is 0 Å². The Bertz CT molecular complexity index is 474. The summed E-state index contributed by atoms with van der Waals surface area (Å²) in [6.07, 6.45) is 0. The Morgan fingerprint density at radius 3 is 2.87 bits per heavy atom. The van der Waals surface area contributed by atoms with Gasteiger partial charge in [0.15, 0.2) is 5.82 Å². The fourth-order valence-corrected chi connectivity index (χ4v) is 1.49. The topological polar surface area (TPSA) is 69.6 Å². The normalized spacial score (nSPS) is 10.6. The Balaban J connectivity index is 2.59. The summed E-state index contributed by atoms with van der Waals surface area (Å²) in [4.78, 5) is 0. The lowest BCUT2D eigenvalue weighted by molar-refractivity contribution is 0.756. The molecule has 15 heavy (non-hydrogen) atoms. The molecular formula is C10H13N5. The van der Waals surface area contributed by atoms with E-state index in [0.29, 0.717) is 12.4 Å². The molecule has 0 aliphatic rings. The standard InChI is InChI=1S/C10H13N5/c1-7-4-3-5-9(8(7)2)15-10(6-11)12-13-14-15/h3-5H,6,11H2,1-2H3. The zero-order chi connectivity index (χ0) is 10.8. The molecule has 5 heteroatoms. The molecular weight excluding hydrogens is 190 g/mol. The summed E-state index contributed by atoms with van der Waals surface area (Å²) >= 11 is 0. The number of benzene rings is 1. The van der Waals surface area contributed by atoms with Crippen LogP contribution >= 0.6 is 0 Å². The number of hydrogen-bond acceptors (Lipinski definition) is 4. The third-order valence-electron chi connectivity index (χ3n) is 2.52. The molecule has 0 spiro atoms. The van der Waals surface area contributed by atoms with Crippen molar-refractivity contribution in [2.45, 2.75) is 20.4 Å². The van der Waals surface area contributed by atoms with Crippen LogP contribution in [0.1, 0.15) is 17.0 Å². The maximum Gasteiger partial charge on any atom is 0.170 e. The van der Waals surface area contributed by atoms with Crippen LogP contribution in [0, 0.1) is 13.8 Å². The van der Waals surface area contributed by atoms with Gasteiger partial charge in [-0.2, -0.15) is 4.68 Å². The lowest BCUT2D eigenvalue weighted by Crippen LogP contribution is -2.09. The molecule has 0 radical (unpaired) electrons. The van der Waals surface area contributed by atoms with Crippen molar-refractivity contribution in [3.05, 3.63) is 35.2 Å². The molecule has 2 rings (SSSR count). The van der Waals surface area contributed by atoms with Gasteiger partial charge in [0, 0.05) is 0 Å². The van der Waals surface area contributed by atoms with Crippen molar-refractivity contribution in [1.82, 2.24) is 20.2 Å². The number of nitrogens with zero attached hydrogens (tertiary/aromatic N) is 4. The maximum atomic E-state index is 5.56. The minimum Gasteiger partial charge on any atom is -0.324 e. The summed E-state index contributed by atoms with van der Waals surface area (Å²) in [5, 5.41) is 11.4. The van der Waals surface area contributed by atoms with E-state index < -0.39 is 0 Å². The van der Waals surface area contributed by atoms with Crippen LogP contribution in [-0.4, -0.2) is 20.2 Å². The van der Waals surface area contributed by atoms with Crippen LogP contribution in [0.4, 0.5) is 0 Å². The molecule has 78 valence electrons. The van der Waals surface area contributed by atoms with E-state index in [9.17, 15) is 0 Å². The third-order valence-corrected chi connectivity index (χ3v) is 2.52. The van der Waals surface area contributed by atoms with E-state index in [4.69, 9.17) is 5.73 Å². The molecule has 0 unspecified atom stereocenters. The van der Waals surface area contributed by atoms with Crippen molar-refractivity contribution in [1.29, 1.82) is 0 Å². The zero-order valence-corrected chi connectivity index (χ0v) is 8.81. The zero-order valence-electron chi connectivity index (χ0n) is 8.81. The molecule has 2 N–H and O–H groups in total. The third kappa shape index (κ3) is 1.61. The van der Waals surface area contributed by atoms with Crippen LogP contribution in [0.2, 0.25) is 0 Å². The first-order chi connectivity index (χ1) is 7.24. The van der Waals surface area contributed by atoms with Crippen LogP contribution < -0.4 is 5.73 Å². The summed E-state index contributed by atoms with van der Waals surface area (Å²) < 4.78 is 1.68. The van der Waals surface area contributed by atoms with E-state index in [-0.39, 0.29) is 0 Å².